The van der Waals surface area contributed by atoms with Crippen molar-refractivity contribution in [2.24, 2.45) is 0 Å². The van der Waals surface area contributed by atoms with Crippen molar-refractivity contribution < 1.29 is 9.13 Å². The number of nitrogens with zero attached hydrogens (tertiary/aromatic N) is 2. The molecule has 20 heavy (non-hydrogen) atoms. The first kappa shape index (κ1) is 14.4. The van der Waals surface area contributed by atoms with Crippen LogP contribution in [0.1, 0.15) is 36.5 Å². The largest absolute Gasteiger partial charge is 0.478 e. The van der Waals surface area contributed by atoms with E-state index in [1.165, 1.54) is 6.07 Å². The number of hydrogen-bond donors (Lipinski definition) is 0. The van der Waals surface area contributed by atoms with Crippen LogP contribution in [0, 0.1) is 12.7 Å². The van der Waals surface area contributed by atoms with Crippen LogP contribution in [0.2, 0.25) is 0 Å². The van der Waals surface area contributed by atoms with Gasteiger partial charge < -0.3 is 4.74 Å². The molecule has 2 rings (SSSR count). The van der Waals surface area contributed by atoms with Crippen molar-refractivity contribution >= 4 is 0 Å². The van der Waals surface area contributed by atoms with Crippen LogP contribution in [0.3, 0.4) is 0 Å². The maximum atomic E-state index is 13.8. The van der Waals surface area contributed by atoms with Gasteiger partial charge >= 0.3 is 0 Å². The quantitative estimate of drug-likeness (QED) is 0.837. The molecule has 0 aliphatic carbocycles. The summed E-state index contributed by atoms with van der Waals surface area (Å²) in [5.41, 5.74) is 2.44. The van der Waals surface area contributed by atoms with Crippen LogP contribution in [0.25, 0.3) is 0 Å². The van der Waals surface area contributed by atoms with Crippen LogP contribution in [-0.2, 0) is 12.8 Å². The Bertz CT molecular complexity index is 599. The fraction of sp³-hybridized carbons (Fsp3) is 0.375. The highest BCUT2D eigenvalue weighted by atomic mass is 19.1. The van der Waals surface area contributed by atoms with Crippen molar-refractivity contribution in [3.05, 3.63) is 52.7 Å². The van der Waals surface area contributed by atoms with E-state index in [1.54, 1.807) is 12.1 Å². The molecule has 0 unspecified atom stereocenters. The number of halogens is 1. The topological polar surface area (TPSA) is 35.0 Å². The van der Waals surface area contributed by atoms with Crippen molar-refractivity contribution in [1.29, 1.82) is 0 Å². The first-order valence-corrected chi connectivity index (χ1v) is 6.88. The average molecular weight is 274 g/mol. The molecule has 0 aliphatic heterocycles. The van der Waals surface area contributed by atoms with E-state index in [-0.39, 0.29) is 5.82 Å². The maximum absolute atomic E-state index is 13.8. The lowest BCUT2D eigenvalue weighted by atomic mass is 10.0. The Hall–Kier alpha value is -1.97. The third-order valence-electron chi connectivity index (χ3n) is 3.11. The first-order valence-electron chi connectivity index (χ1n) is 6.88. The molecule has 0 N–H and O–H groups in total. The standard InChI is InChI=1S/C16H19FN2O/c1-4-15-13(10-12-8-6-7-9-14(12)17)16(20-5-2)19-11(3)18-15/h6-9H,4-5,10H2,1-3H3. The molecule has 0 spiro atoms. The Morgan fingerprint density at radius 2 is 1.90 bits per heavy atom. The highest BCUT2D eigenvalue weighted by molar-refractivity contribution is 5.37. The zero-order valence-electron chi connectivity index (χ0n) is 12.1. The normalized spacial score (nSPS) is 10.6. The smallest absolute Gasteiger partial charge is 0.220 e. The SMILES string of the molecule is CCOc1nc(C)nc(CC)c1Cc1ccccc1F. The highest BCUT2D eigenvalue weighted by Gasteiger charge is 2.15. The first-order chi connectivity index (χ1) is 9.65. The van der Waals surface area contributed by atoms with Crippen molar-refractivity contribution in [3.63, 3.8) is 0 Å². The van der Waals surface area contributed by atoms with Crippen molar-refractivity contribution in [2.75, 3.05) is 6.61 Å². The molecule has 0 fully saturated rings. The van der Waals surface area contributed by atoms with Gasteiger partial charge in [-0.15, -0.1) is 0 Å². The second kappa shape index (κ2) is 6.46. The van der Waals surface area contributed by atoms with Gasteiger partial charge in [0, 0.05) is 12.0 Å². The van der Waals surface area contributed by atoms with Crippen LogP contribution in [-0.4, -0.2) is 16.6 Å². The summed E-state index contributed by atoms with van der Waals surface area (Å²) in [4.78, 5) is 8.79. The van der Waals surface area contributed by atoms with E-state index in [0.29, 0.717) is 30.3 Å². The molecule has 0 radical (unpaired) electrons. The van der Waals surface area contributed by atoms with Crippen LogP contribution in [0.5, 0.6) is 5.88 Å². The lowest BCUT2D eigenvalue weighted by Gasteiger charge is -2.14. The van der Waals surface area contributed by atoms with E-state index >= 15 is 0 Å². The molecule has 1 aromatic carbocycles. The molecule has 4 heteroatoms. The third-order valence-corrected chi connectivity index (χ3v) is 3.11. The molecule has 0 saturated carbocycles. The van der Waals surface area contributed by atoms with E-state index in [0.717, 1.165) is 17.7 Å². The molecular formula is C16H19FN2O. The molecule has 2 aromatic rings. The molecule has 3 nitrogen and oxygen atoms in total. The number of rotatable bonds is 5. The second-order valence-electron chi connectivity index (χ2n) is 4.56. The molecule has 1 heterocycles. The Morgan fingerprint density at radius 1 is 1.15 bits per heavy atom. The third kappa shape index (κ3) is 3.13. The fourth-order valence-corrected chi connectivity index (χ4v) is 2.18. The van der Waals surface area contributed by atoms with Gasteiger partial charge in [0.15, 0.2) is 0 Å². The Balaban J connectivity index is 2.46. The lowest BCUT2D eigenvalue weighted by molar-refractivity contribution is 0.321. The number of ether oxygens (including phenoxy) is 1. The van der Waals surface area contributed by atoms with Crippen molar-refractivity contribution in [1.82, 2.24) is 9.97 Å². The number of aryl methyl sites for hydroxylation is 2. The molecule has 106 valence electrons. The molecule has 1 aromatic heterocycles. The summed E-state index contributed by atoms with van der Waals surface area (Å²) in [7, 11) is 0. The monoisotopic (exact) mass is 274 g/mol. The molecule has 0 saturated heterocycles. The highest BCUT2D eigenvalue weighted by Crippen LogP contribution is 2.24. The van der Waals surface area contributed by atoms with Gasteiger partial charge in [-0.1, -0.05) is 25.1 Å². The predicted octanol–water partition coefficient (Wildman–Crippen LogP) is 3.48. The van der Waals surface area contributed by atoms with Crippen LogP contribution >= 0.6 is 0 Å². The predicted molar refractivity (Wildman–Crippen MR) is 76.5 cm³/mol. The molecule has 0 aliphatic rings. The molecule has 0 amide bonds. The fourth-order valence-electron chi connectivity index (χ4n) is 2.18. The van der Waals surface area contributed by atoms with Crippen molar-refractivity contribution in [3.8, 4) is 5.88 Å². The Kier molecular flexibility index (Phi) is 4.66. The minimum absolute atomic E-state index is 0.211. The van der Waals surface area contributed by atoms with Crippen LogP contribution in [0.4, 0.5) is 4.39 Å². The van der Waals surface area contributed by atoms with Gasteiger partial charge in [-0.2, -0.15) is 4.98 Å². The van der Waals surface area contributed by atoms with Gasteiger partial charge in [0.1, 0.15) is 11.6 Å². The zero-order valence-corrected chi connectivity index (χ0v) is 12.1. The summed E-state index contributed by atoms with van der Waals surface area (Å²) < 4.78 is 19.4. The van der Waals surface area contributed by atoms with E-state index in [9.17, 15) is 4.39 Å². The summed E-state index contributed by atoms with van der Waals surface area (Å²) in [5.74, 6) is 1.04. The van der Waals surface area contributed by atoms with Crippen LogP contribution in [0.15, 0.2) is 24.3 Å². The summed E-state index contributed by atoms with van der Waals surface area (Å²) in [6.07, 6.45) is 1.22. The lowest BCUT2D eigenvalue weighted by Crippen LogP contribution is -2.08. The molecule has 0 atom stereocenters. The average Bonchev–Trinajstić information content (AvgIpc) is 2.43. The number of benzene rings is 1. The van der Waals surface area contributed by atoms with Gasteiger partial charge in [0.05, 0.1) is 12.3 Å². The minimum Gasteiger partial charge on any atom is -0.478 e. The Labute approximate surface area is 118 Å². The van der Waals surface area contributed by atoms with E-state index in [4.69, 9.17) is 4.74 Å². The Morgan fingerprint density at radius 3 is 2.55 bits per heavy atom. The summed E-state index contributed by atoms with van der Waals surface area (Å²) in [6.45, 7) is 6.32. The van der Waals surface area contributed by atoms with Gasteiger partial charge in [-0.25, -0.2) is 9.37 Å². The van der Waals surface area contributed by atoms with Gasteiger partial charge in [-0.05, 0) is 31.9 Å². The van der Waals surface area contributed by atoms with E-state index in [2.05, 4.69) is 9.97 Å². The molecular weight excluding hydrogens is 255 g/mol. The second-order valence-corrected chi connectivity index (χ2v) is 4.56. The van der Waals surface area contributed by atoms with Crippen molar-refractivity contribution in [2.45, 2.75) is 33.6 Å². The van der Waals surface area contributed by atoms with Gasteiger partial charge in [0.25, 0.3) is 0 Å². The summed E-state index contributed by atoms with van der Waals surface area (Å²) in [5, 5.41) is 0. The van der Waals surface area contributed by atoms with Gasteiger partial charge in [-0.3, -0.25) is 0 Å². The number of aromatic nitrogens is 2. The summed E-state index contributed by atoms with van der Waals surface area (Å²) >= 11 is 0. The number of hydrogen-bond acceptors (Lipinski definition) is 3. The molecule has 0 bridgehead atoms. The van der Waals surface area contributed by atoms with E-state index < -0.39 is 0 Å². The maximum Gasteiger partial charge on any atom is 0.220 e. The zero-order chi connectivity index (χ0) is 14.5. The minimum atomic E-state index is -0.211. The summed E-state index contributed by atoms with van der Waals surface area (Å²) in [6, 6.07) is 6.77. The van der Waals surface area contributed by atoms with Crippen LogP contribution < -0.4 is 4.74 Å². The van der Waals surface area contributed by atoms with E-state index in [1.807, 2.05) is 26.8 Å². The van der Waals surface area contributed by atoms with Gasteiger partial charge in [0.2, 0.25) is 5.88 Å².